The minimum Gasteiger partial charge on any atom is -0.494 e. The summed E-state index contributed by atoms with van der Waals surface area (Å²) in [7, 11) is 0. The van der Waals surface area contributed by atoms with Gasteiger partial charge in [0.25, 0.3) is 0 Å². The minimum atomic E-state index is 0.273. The Bertz CT molecular complexity index is 1340. The van der Waals surface area contributed by atoms with Crippen LogP contribution in [0.15, 0.2) is 73.3 Å². The molecule has 6 nitrogen and oxygen atoms in total. The highest BCUT2D eigenvalue weighted by atomic mass is 16.7. The molecule has 0 saturated heterocycles. The number of unbranched alkanes of at least 4 members (excludes halogenated alkanes) is 1. The third-order valence-electron chi connectivity index (χ3n) is 7.00. The molecule has 0 spiro atoms. The summed E-state index contributed by atoms with van der Waals surface area (Å²) in [4.78, 5) is 7.64. The van der Waals surface area contributed by atoms with Crippen molar-refractivity contribution in [2.24, 2.45) is 0 Å². The summed E-state index contributed by atoms with van der Waals surface area (Å²) in [6.07, 6.45) is 11.2. The van der Waals surface area contributed by atoms with E-state index in [1.807, 2.05) is 38.1 Å². The number of imidazole rings is 1. The number of aromatic nitrogens is 2. The summed E-state index contributed by atoms with van der Waals surface area (Å²) < 4.78 is 19.5. The summed E-state index contributed by atoms with van der Waals surface area (Å²) in [5.74, 6) is 3.62. The van der Waals surface area contributed by atoms with Gasteiger partial charge in [-0.1, -0.05) is 69.4 Å². The fourth-order valence-electron chi connectivity index (χ4n) is 5.06. The Labute approximate surface area is 239 Å². The number of ether oxygens (including phenoxy) is 3. The van der Waals surface area contributed by atoms with E-state index < -0.39 is 0 Å². The maximum absolute atomic E-state index is 5.81. The topological polar surface area (TPSA) is 48.8 Å². The Morgan fingerprint density at radius 1 is 1.05 bits per heavy atom. The fraction of sp³-hybridized carbons (Fsp3) is 0.382. The number of aryl methyl sites for hydroxylation is 1. The molecule has 0 fully saturated rings. The van der Waals surface area contributed by atoms with Gasteiger partial charge in [-0.05, 0) is 55.7 Å². The minimum absolute atomic E-state index is 0.273. The predicted octanol–water partition coefficient (Wildman–Crippen LogP) is 7.72. The molecule has 1 aliphatic heterocycles. The highest BCUT2D eigenvalue weighted by Crippen LogP contribution is 2.33. The smallest absolute Gasteiger partial charge is 0.231 e. The van der Waals surface area contributed by atoms with Crippen LogP contribution in [0.25, 0.3) is 5.57 Å². The maximum Gasteiger partial charge on any atom is 0.231 e. The molecule has 0 aliphatic carbocycles. The molecule has 0 bridgehead atoms. The van der Waals surface area contributed by atoms with Crippen LogP contribution in [-0.2, 0) is 32.6 Å². The molecule has 1 aliphatic rings. The Morgan fingerprint density at radius 3 is 2.58 bits per heavy atom. The van der Waals surface area contributed by atoms with E-state index in [-0.39, 0.29) is 6.79 Å². The van der Waals surface area contributed by atoms with Crippen molar-refractivity contribution >= 4 is 5.57 Å². The second kappa shape index (κ2) is 14.6. The van der Waals surface area contributed by atoms with Crippen LogP contribution in [-0.4, -0.2) is 27.9 Å². The van der Waals surface area contributed by atoms with Crippen molar-refractivity contribution in [1.82, 2.24) is 14.5 Å². The molecule has 0 atom stereocenters. The number of benzene rings is 2. The number of rotatable bonds is 15. The molecule has 0 amide bonds. The van der Waals surface area contributed by atoms with Gasteiger partial charge in [-0.3, -0.25) is 4.90 Å². The maximum atomic E-state index is 5.81. The van der Waals surface area contributed by atoms with Crippen LogP contribution in [0.2, 0.25) is 0 Å². The van der Waals surface area contributed by atoms with Gasteiger partial charge in [0.1, 0.15) is 11.6 Å². The molecule has 212 valence electrons. The first kappa shape index (κ1) is 29.2. The molecular formula is C34H43N3O3. The SMILES string of the molecule is C=C/C(=C\C=C/C)c1nc(CC)n(CCCC)c1CN(Cc1cccc(OCC)c1)Cc1ccc2c(c1)OCO2. The summed E-state index contributed by atoms with van der Waals surface area (Å²) in [6, 6.07) is 14.6. The number of hydrogen-bond acceptors (Lipinski definition) is 5. The van der Waals surface area contributed by atoms with E-state index in [1.54, 1.807) is 0 Å². The van der Waals surface area contributed by atoms with Crippen LogP contribution in [0, 0.1) is 0 Å². The molecule has 2 aromatic carbocycles. The van der Waals surface area contributed by atoms with Crippen LogP contribution in [0.4, 0.5) is 0 Å². The zero-order valence-electron chi connectivity index (χ0n) is 24.5. The predicted molar refractivity (Wildman–Crippen MR) is 163 cm³/mol. The van der Waals surface area contributed by atoms with Crippen LogP contribution >= 0.6 is 0 Å². The summed E-state index contributed by atoms with van der Waals surface area (Å²) in [5, 5.41) is 0. The Morgan fingerprint density at radius 2 is 1.85 bits per heavy atom. The van der Waals surface area contributed by atoms with Crippen molar-refractivity contribution in [2.75, 3.05) is 13.4 Å². The molecule has 1 aromatic heterocycles. The normalized spacial score (nSPS) is 13.0. The first-order chi connectivity index (χ1) is 19.6. The number of nitrogens with zero attached hydrogens (tertiary/aromatic N) is 3. The van der Waals surface area contributed by atoms with Gasteiger partial charge in [-0.15, -0.1) is 0 Å². The molecule has 4 rings (SSSR count). The van der Waals surface area contributed by atoms with Crippen LogP contribution in [0.1, 0.15) is 68.9 Å². The molecule has 40 heavy (non-hydrogen) atoms. The van der Waals surface area contributed by atoms with Crippen molar-refractivity contribution in [3.05, 3.63) is 102 Å². The molecule has 3 aromatic rings. The number of hydrogen-bond donors (Lipinski definition) is 0. The van der Waals surface area contributed by atoms with Crippen molar-refractivity contribution in [3.8, 4) is 17.2 Å². The van der Waals surface area contributed by atoms with Crippen LogP contribution in [0.5, 0.6) is 17.2 Å². The lowest BCUT2D eigenvalue weighted by atomic mass is 10.1. The van der Waals surface area contributed by atoms with Gasteiger partial charge >= 0.3 is 0 Å². The van der Waals surface area contributed by atoms with Crippen molar-refractivity contribution in [1.29, 1.82) is 0 Å². The third-order valence-corrected chi connectivity index (χ3v) is 7.00. The van der Waals surface area contributed by atoms with Gasteiger partial charge in [0, 0.05) is 38.2 Å². The van der Waals surface area contributed by atoms with E-state index in [0.29, 0.717) is 6.61 Å². The van der Waals surface area contributed by atoms with Gasteiger partial charge in [-0.25, -0.2) is 4.98 Å². The highest BCUT2D eigenvalue weighted by molar-refractivity contribution is 5.74. The Hall–Kier alpha value is -3.77. The molecule has 0 saturated carbocycles. The van der Waals surface area contributed by atoms with E-state index in [0.717, 1.165) is 79.8 Å². The number of fused-ring (bicyclic) bond motifs is 1. The van der Waals surface area contributed by atoms with Crippen LogP contribution in [0.3, 0.4) is 0 Å². The van der Waals surface area contributed by atoms with Crippen molar-refractivity contribution in [2.45, 2.75) is 73.1 Å². The van der Waals surface area contributed by atoms with E-state index in [4.69, 9.17) is 19.2 Å². The van der Waals surface area contributed by atoms with Crippen molar-refractivity contribution < 1.29 is 14.2 Å². The highest BCUT2D eigenvalue weighted by Gasteiger charge is 2.22. The monoisotopic (exact) mass is 541 g/mol. The lowest BCUT2D eigenvalue weighted by Crippen LogP contribution is -2.25. The third kappa shape index (κ3) is 7.24. The Balaban J connectivity index is 1.75. The summed E-state index contributed by atoms with van der Waals surface area (Å²) in [5.41, 5.74) is 5.66. The van der Waals surface area contributed by atoms with E-state index in [1.165, 1.54) is 16.8 Å². The lowest BCUT2D eigenvalue weighted by Gasteiger charge is -2.25. The van der Waals surface area contributed by atoms with Crippen LogP contribution < -0.4 is 14.2 Å². The van der Waals surface area contributed by atoms with E-state index in [9.17, 15) is 0 Å². The largest absolute Gasteiger partial charge is 0.494 e. The molecule has 0 N–H and O–H groups in total. The van der Waals surface area contributed by atoms with Gasteiger partial charge in [-0.2, -0.15) is 0 Å². The van der Waals surface area contributed by atoms with Gasteiger partial charge in [0.05, 0.1) is 18.0 Å². The summed E-state index contributed by atoms with van der Waals surface area (Å²) >= 11 is 0. The first-order valence-electron chi connectivity index (χ1n) is 14.5. The second-order valence-electron chi connectivity index (χ2n) is 9.95. The van der Waals surface area contributed by atoms with E-state index in [2.05, 4.69) is 72.4 Å². The first-order valence-corrected chi connectivity index (χ1v) is 14.5. The van der Waals surface area contributed by atoms with Gasteiger partial charge < -0.3 is 18.8 Å². The average Bonchev–Trinajstić information content (AvgIpc) is 3.57. The zero-order valence-corrected chi connectivity index (χ0v) is 24.5. The fourth-order valence-corrected chi connectivity index (χ4v) is 5.06. The van der Waals surface area contributed by atoms with Gasteiger partial charge in [0.15, 0.2) is 11.5 Å². The molecule has 0 radical (unpaired) electrons. The molecular weight excluding hydrogens is 498 g/mol. The van der Waals surface area contributed by atoms with Crippen molar-refractivity contribution in [3.63, 3.8) is 0 Å². The average molecular weight is 542 g/mol. The molecule has 2 heterocycles. The van der Waals surface area contributed by atoms with E-state index >= 15 is 0 Å². The molecule has 6 heteroatoms. The Kier molecular flexibility index (Phi) is 10.6. The number of allylic oxidation sites excluding steroid dienone is 5. The second-order valence-corrected chi connectivity index (χ2v) is 9.95. The zero-order chi connectivity index (χ0) is 28.3. The lowest BCUT2D eigenvalue weighted by molar-refractivity contribution is 0.174. The van der Waals surface area contributed by atoms with Gasteiger partial charge in [0.2, 0.25) is 6.79 Å². The quantitative estimate of drug-likeness (QED) is 0.184. The standard InChI is InChI=1S/C34H43N3O3/c1-6-11-15-28(8-3)34-30(37(19-12-7-2)33(9-4)35-34)24-36(22-26-14-13-16-29(20-26)38-10-5)23-27-17-18-31-32(21-27)40-25-39-31/h6,8,11,13-18,20-21H,3,7,9-10,12,19,22-25H2,1-2,4-5H3/b11-6-,28-15+. The molecule has 0 unspecified atom stereocenters. The summed E-state index contributed by atoms with van der Waals surface area (Å²) in [6.45, 7) is 16.7.